The molecule has 1 N–H and O–H groups in total. The smallest absolute Gasteiger partial charge is 0.451 e. The third kappa shape index (κ3) is 5.88. The molecule has 0 atom stereocenters. The molecule has 0 aliphatic heterocycles. The van der Waals surface area contributed by atoms with Crippen LogP contribution in [0.5, 0.6) is 5.75 Å². The van der Waals surface area contributed by atoms with E-state index in [0.29, 0.717) is 16.8 Å². The minimum absolute atomic E-state index is 0.0468. The van der Waals surface area contributed by atoms with Crippen LogP contribution in [0.2, 0.25) is 0 Å². The van der Waals surface area contributed by atoms with E-state index in [1.807, 2.05) is 0 Å². The molecule has 0 radical (unpaired) electrons. The number of fused-ring (bicyclic) bond motifs is 1. The molecule has 3 rings (SSSR count). The van der Waals surface area contributed by atoms with Gasteiger partial charge >= 0.3 is 6.18 Å². The molecule has 1 heterocycles. The van der Waals surface area contributed by atoms with Gasteiger partial charge in [0, 0.05) is 24.2 Å². The van der Waals surface area contributed by atoms with Crippen LogP contribution in [0.4, 0.5) is 18.9 Å². The Labute approximate surface area is 186 Å². The maximum absolute atomic E-state index is 13.1. The van der Waals surface area contributed by atoms with Crippen LogP contribution in [-0.4, -0.2) is 53.1 Å². The van der Waals surface area contributed by atoms with Crippen molar-refractivity contribution in [2.24, 2.45) is 0 Å². The number of ether oxygens (including phenoxy) is 1. The predicted octanol–water partition coefficient (Wildman–Crippen LogP) is 3.85. The highest BCUT2D eigenvalue weighted by atomic mass is 32.2. The number of anilines is 1. The number of nitrogens with one attached hydrogen (secondary N) is 1. The molecule has 11 heteroatoms. The van der Waals surface area contributed by atoms with Crippen LogP contribution in [0.1, 0.15) is 5.82 Å². The van der Waals surface area contributed by atoms with E-state index < -0.39 is 23.8 Å². The first-order chi connectivity index (χ1) is 15.2. The zero-order valence-corrected chi connectivity index (χ0v) is 18.0. The van der Waals surface area contributed by atoms with Crippen LogP contribution in [0, 0.1) is 0 Å². The van der Waals surface area contributed by atoms with Gasteiger partial charge in [-0.25, -0.2) is 9.97 Å². The van der Waals surface area contributed by atoms with Gasteiger partial charge in [-0.1, -0.05) is 36.0 Å². The van der Waals surface area contributed by atoms with Crippen molar-refractivity contribution in [3.8, 4) is 5.75 Å². The lowest BCUT2D eigenvalue weighted by molar-refractivity contribution is -0.145. The van der Waals surface area contributed by atoms with Crippen molar-refractivity contribution in [2.75, 3.05) is 31.8 Å². The average Bonchev–Trinajstić information content (AvgIpc) is 2.76. The number of carbonyl (C=O) groups is 2. The highest BCUT2D eigenvalue weighted by Crippen LogP contribution is 2.32. The Morgan fingerprint density at radius 1 is 1.12 bits per heavy atom. The van der Waals surface area contributed by atoms with Crippen molar-refractivity contribution < 1.29 is 27.5 Å². The van der Waals surface area contributed by atoms with Crippen molar-refractivity contribution in [1.29, 1.82) is 0 Å². The first kappa shape index (κ1) is 23.3. The standard InChI is InChI=1S/C21H19F3N4O3S/c1-28(11-17(29)25-13-6-5-7-14(10-13)31-2)18(30)12-32-19-15-8-3-4-9-16(15)26-20(27-19)21(22,23)24/h3-10H,11-12H2,1-2H3,(H,25,29). The number of methoxy groups -OCH3 is 1. The summed E-state index contributed by atoms with van der Waals surface area (Å²) in [5, 5.41) is 3.12. The zero-order valence-electron chi connectivity index (χ0n) is 17.1. The fourth-order valence-electron chi connectivity index (χ4n) is 2.73. The molecule has 0 spiro atoms. The molecular formula is C21H19F3N4O3S. The molecule has 0 unspecified atom stereocenters. The van der Waals surface area contributed by atoms with Gasteiger partial charge in [0.05, 0.1) is 24.9 Å². The van der Waals surface area contributed by atoms with Gasteiger partial charge in [0.25, 0.3) is 0 Å². The largest absolute Gasteiger partial charge is 0.497 e. The van der Waals surface area contributed by atoms with Gasteiger partial charge in [-0.05, 0) is 18.2 Å². The number of rotatable bonds is 7. The number of likely N-dealkylation sites (N-methyl/N-ethyl adjacent to an activating group) is 1. The SMILES string of the molecule is COc1cccc(NC(=O)CN(C)C(=O)CSc2nc(C(F)(F)F)nc3ccccc23)c1. The van der Waals surface area contributed by atoms with E-state index >= 15 is 0 Å². The molecule has 0 saturated heterocycles. The predicted molar refractivity (Wildman–Crippen MR) is 115 cm³/mol. The summed E-state index contributed by atoms with van der Waals surface area (Å²) in [7, 11) is 2.94. The lowest BCUT2D eigenvalue weighted by Gasteiger charge is -2.17. The molecule has 2 amide bonds. The van der Waals surface area contributed by atoms with E-state index in [2.05, 4.69) is 15.3 Å². The summed E-state index contributed by atoms with van der Waals surface area (Å²) in [6, 6.07) is 13.0. The van der Waals surface area contributed by atoms with Crippen LogP contribution in [0.3, 0.4) is 0 Å². The molecule has 0 fully saturated rings. The van der Waals surface area contributed by atoms with Gasteiger partial charge in [-0.15, -0.1) is 0 Å². The normalized spacial score (nSPS) is 11.3. The Morgan fingerprint density at radius 3 is 2.59 bits per heavy atom. The van der Waals surface area contributed by atoms with E-state index in [-0.39, 0.29) is 22.8 Å². The summed E-state index contributed by atoms with van der Waals surface area (Å²) in [5.74, 6) is -1.75. The number of para-hydroxylation sites is 1. The van der Waals surface area contributed by atoms with Crippen LogP contribution in [0.25, 0.3) is 10.9 Å². The zero-order chi connectivity index (χ0) is 23.3. The van der Waals surface area contributed by atoms with Crippen molar-refractivity contribution in [3.63, 3.8) is 0 Å². The molecule has 168 valence electrons. The molecule has 7 nitrogen and oxygen atoms in total. The molecule has 0 bridgehead atoms. The van der Waals surface area contributed by atoms with Gasteiger partial charge in [0.15, 0.2) is 0 Å². The van der Waals surface area contributed by atoms with Crippen molar-refractivity contribution in [1.82, 2.24) is 14.9 Å². The van der Waals surface area contributed by atoms with Gasteiger partial charge < -0.3 is 15.0 Å². The van der Waals surface area contributed by atoms with Crippen LogP contribution in [-0.2, 0) is 15.8 Å². The summed E-state index contributed by atoms with van der Waals surface area (Å²) in [6.07, 6.45) is -4.71. The lowest BCUT2D eigenvalue weighted by Crippen LogP contribution is -2.36. The molecule has 1 aromatic heterocycles. The maximum Gasteiger partial charge on any atom is 0.451 e. The van der Waals surface area contributed by atoms with Crippen LogP contribution < -0.4 is 10.1 Å². The Kier molecular flexibility index (Phi) is 7.18. The summed E-state index contributed by atoms with van der Waals surface area (Å²) in [6.45, 7) is -0.227. The number of benzene rings is 2. The average molecular weight is 464 g/mol. The number of halogens is 3. The second-order valence-corrected chi connectivity index (χ2v) is 7.65. The Bertz CT molecular complexity index is 1140. The van der Waals surface area contributed by atoms with E-state index in [1.54, 1.807) is 42.5 Å². The number of carbonyl (C=O) groups excluding carboxylic acids is 2. The third-order valence-corrected chi connectivity index (χ3v) is 5.29. The summed E-state index contributed by atoms with van der Waals surface area (Å²) in [5.41, 5.74) is 0.646. The minimum atomic E-state index is -4.71. The second kappa shape index (κ2) is 9.86. The lowest BCUT2D eigenvalue weighted by atomic mass is 10.2. The number of hydrogen-bond acceptors (Lipinski definition) is 6. The fraction of sp³-hybridized carbons (Fsp3) is 0.238. The van der Waals surface area contributed by atoms with Gasteiger partial charge in [0.1, 0.15) is 10.8 Å². The molecule has 0 saturated carbocycles. The summed E-state index contributed by atoms with van der Waals surface area (Å²) in [4.78, 5) is 33.0. The summed E-state index contributed by atoms with van der Waals surface area (Å²) >= 11 is 0.862. The number of thioether (sulfide) groups is 1. The number of aromatic nitrogens is 2. The molecule has 0 aliphatic carbocycles. The summed E-state index contributed by atoms with van der Waals surface area (Å²) < 4.78 is 44.5. The highest BCUT2D eigenvalue weighted by molar-refractivity contribution is 8.00. The monoisotopic (exact) mass is 464 g/mol. The number of amides is 2. The first-order valence-electron chi connectivity index (χ1n) is 9.32. The van der Waals surface area contributed by atoms with Crippen molar-refractivity contribution in [3.05, 3.63) is 54.4 Å². The van der Waals surface area contributed by atoms with E-state index in [9.17, 15) is 22.8 Å². The quantitative estimate of drug-likeness (QED) is 0.423. The molecule has 2 aromatic carbocycles. The minimum Gasteiger partial charge on any atom is -0.497 e. The fourth-order valence-corrected chi connectivity index (χ4v) is 3.69. The second-order valence-electron chi connectivity index (χ2n) is 6.69. The number of alkyl halides is 3. The van der Waals surface area contributed by atoms with E-state index in [4.69, 9.17) is 4.74 Å². The third-order valence-electron chi connectivity index (χ3n) is 4.31. The van der Waals surface area contributed by atoms with E-state index in [1.165, 1.54) is 25.1 Å². The van der Waals surface area contributed by atoms with Crippen molar-refractivity contribution in [2.45, 2.75) is 11.2 Å². The maximum atomic E-state index is 13.1. The molecule has 3 aromatic rings. The topological polar surface area (TPSA) is 84.4 Å². The van der Waals surface area contributed by atoms with Crippen LogP contribution >= 0.6 is 11.8 Å². The van der Waals surface area contributed by atoms with Gasteiger partial charge in [0.2, 0.25) is 17.6 Å². The Hall–Kier alpha value is -3.34. The van der Waals surface area contributed by atoms with Gasteiger partial charge in [-0.2, -0.15) is 13.2 Å². The number of hydrogen-bond donors (Lipinski definition) is 1. The first-order valence-corrected chi connectivity index (χ1v) is 10.3. The van der Waals surface area contributed by atoms with Gasteiger partial charge in [-0.3, -0.25) is 9.59 Å². The molecule has 32 heavy (non-hydrogen) atoms. The highest BCUT2D eigenvalue weighted by Gasteiger charge is 2.35. The molecular weight excluding hydrogens is 445 g/mol. The Balaban J connectivity index is 1.64. The van der Waals surface area contributed by atoms with E-state index in [0.717, 1.165) is 11.8 Å². The number of nitrogens with zero attached hydrogens (tertiary/aromatic N) is 3. The Morgan fingerprint density at radius 2 is 1.88 bits per heavy atom. The van der Waals surface area contributed by atoms with Crippen molar-refractivity contribution >= 4 is 40.2 Å². The van der Waals surface area contributed by atoms with Crippen LogP contribution in [0.15, 0.2) is 53.6 Å². The molecule has 0 aliphatic rings.